The van der Waals surface area contributed by atoms with Crippen molar-refractivity contribution in [3.8, 4) is 6.07 Å². The number of aromatic nitrogens is 4. The molecular weight excluding hydrogens is 438 g/mol. The fourth-order valence-electron chi connectivity index (χ4n) is 4.91. The minimum absolute atomic E-state index is 0.267. The Morgan fingerprint density at radius 2 is 1.83 bits per heavy atom. The van der Waals surface area contributed by atoms with E-state index < -0.39 is 0 Å². The molecule has 6 rings (SSSR count). The van der Waals surface area contributed by atoms with Crippen molar-refractivity contribution in [2.45, 2.75) is 32.1 Å². The maximum absolute atomic E-state index is 10.3. The van der Waals surface area contributed by atoms with Crippen molar-refractivity contribution in [3.63, 3.8) is 0 Å². The number of hydrogen-bond acceptors (Lipinski definition) is 5. The molecule has 2 N–H and O–H groups in total. The number of piperidine rings is 1. The summed E-state index contributed by atoms with van der Waals surface area (Å²) in [5.74, 6) is -0.267. The van der Waals surface area contributed by atoms with Crippen LogP contribution in [-0.4, -0.2) is 38.1 Å². The van der Waals surface area contributed by atoms with Crippen molar-refractivity contribution in [2.24, 2.45) is 0 Å². The first-order valence-electron chi connectivity index (χ1n) is 11.4. The molecule has 4 heterocycles. The van der Waals surface area contributed by atoms with Crippen LogP contribution in [0.5, 0.6) is 0 Å². The molecule has 172 valence electrons. The highest BCUT2D eigenvalue weighted by atomic mass is 16.1. The molecule has 8 nitrogen and oxygen atoms in total. The molecule has 0 radical (unpaired) electrons. The van der Waals surface area contributed by atoms with Gasteiger partial charge < -0.3 is 4.90 Å². The second-order valence-corrected chi connectivity index (χ2v) is 8.65. The number of nitrogens with zero attached hydrogens (tertiary/aromatic N) is 5. The lowest BCUT2D eigenvalue weighted by Gasteiger charge is -2.39. The van der Waals surface area contributed by atoms with Crippen LogP contribution in [0.2, 0.25) is 0 Å². The van der Waals surface area contributed by atoms with E-state index in [0.717, 1.165) is 76.4 Å². The number of nitriles is 1. The first-order valence-corrected chi connectivity index (χ1v) is 11.4. The molecule has 35 heavy (non-hydrogen) atoms. The summed E-state index contributed by atoms with van der Waals surface area (Å²) < 4.78 is 0. The van der Waals surface area contributed by atoms with Gasteiger partial charge in [0.05, 0.1) is 47.6 Å². The highest BCUT2D eigenvalue weighted by Gasteiger charge is 2.36. The van der Waals surface area contributed by atoms with Gasteiger partial charge in [-0.2, -0.15) is 15.5 Å². The van der Waals surface area contributed by atoms with Gasteiger partial charge >= 0.3 is 0 Å². The molecule has 2 aromatic carbocycles. The Labute approximate surface area is 202 Å². The van der Waals surface area contributed by atoms with Crippen LogP contribution in [0, 0.1) is 17.9 Å². The zero-order valence-electron chi connectivity index (χ0n) is 19.2. The number of aromatic amines is 2. The lowest BCUT2D eigenvalue weighted by molar-refractivity contribution is 0.112. The van der Waals surface area contributed by atoms with E-state index in [-0.39, 0.29) is 5.92 Å². The molecular formula is C27H23N7O. The topological polar surface area (TPSA) is 106 Å². The molecule has 1 saturated heterocycles. The zero-order valence-corrected chi connectivity index (χ0v) is 19.2. The highest BCUT2D eigenvalue weighted by Crippen LogP contribution is 2.45. The van der Waals surface area contributed by atoms with Crippen molar-refractivity contribution >= 4 is 28.1 Å². The predicted octanol–water partition coefficient (Wildman–Crippen LogP) is 5.45. The van der Waals surface area contributed by atoms with Crippen LogP contribution in [0.3, 0.4) is 0 Å². The van der Waals surface area contributed by atoms with Crippen molar-refractivity contribution < 1.29 is 4.79 Å². The fourth-order valence-corrected chi connectivity index (χ4v) is 4.91. The largest absolute Gasteiger partial charge is 0.358 e. The van der Waals surface area contributed by atoms with E-state index in [9.17, 15) is 10.1 Å². The molecule has 0 bridgehead atoms. The van der Waals surface area contributed by atoms with Gasteiger partial charge in [-0.3, -0.25) is 15.0 Å². The minimum Gasteiger partial charge on any atom is -0.358 e. The number of allylic oxidation sites excluding steroid dienone is 3. The SMILES string of the molecule is O=Cc1ccc2[nH]ncc2c1.[C-]#[N+]C1=C(C)N2CCCCC2=C(C#N)C1c1ccc2[nH]ncc2c1. The average Bonchev–Trinajstić information content (AvgIpc) is 3.57. The van der Waals surface area contributed by atoms with Crippen LogP contribution < -0.4 is 0 Å². The van der Waals surface area contributed by atoms with Crippen LogP contribution in [0.25, 0.3) is 26.7 Å². The molecule has 1 fully saturated rings. The van der Waals surface area contributed by atoms with E-state index in [1.165, 1.54) is 0 Å². The molecule has 0 spiro atoms. The number of carbonyl (C=O) groups is 1. The lowest BCUT2D eigenvalue weighted by Crippen LogP contribution is -2.33. The van der Waals surface area contributed by atoms with Crippen molar-refractivity contribution in [1.82, 2.24) is 25.3 Å². The van der Waals surface area contributed by atoms with Gasteiger partial charge in [0.25, 0.3) is 0 Å². The summed E-state index contributed by atoms with van der Waals surface area (Å²) in [6.07, 6.45) is 7.42. The van der Waals surface area contributed by atoms with E-state index in [0.29, 0.717) is 11.3 Å². The van der Waals surface area contributed by atoms with E-state index in [1.807, 2.05) is 31.2 Å². The highest BCUT2D eigenvalue weighted by molar-refractivity contribution is 5.86. The third kappa shape index (κ3) is 3.96. The predicted molar refractivity (Wildman–Crippen MR) is 133 cm³/mol. The Morgan fingerprint density at radius 1 is 1.11 bits per heavy atom. The summed E-state index contributed by atoms with van der Waals surface area (Å²) in [6.45, 7) is 10.6. The number of fused-ring (bicyclic) bond motifs is 3. The van der Waals surface area contributed by atoms with Crippen LogP contribution in [-0.2, 0) is 0 Å². The molecule has 2 aliphatic heterocycles. The molecule has 4 aromatic rings. The molecule has 1 atom stereocenters. The van der Waals surface area contributed by atoms with Gasteiger partial charge in [0.2, 0.25) is 0 Å². The molecule has 2 aromatic heterocycles. The number of carbonyl (C=O) groups excluding carboxylic acids is 1. The average molecular weight is 462 g/mol. The van der Waals surface area contributed by atoms with E-state index in [1.54, 1.807) is 24.5 Å². The monoisotopic (exact) mass is 461 g/mol. The lowest BCUT2D eigenvalue weighted by atomic mass is 9.81. The van der Waals surface area contributed by atoms with Crippen molar-refractivity contribution in [1.29, 1.82) is 5.26 Å². The summed E-state index contributed by atoms with van der Waals surface area (Å²) in [5.41, 5.74) is 7.08. The van der Waals surface area contributed by atoms with Gasteiger partial charge in [-0.05, 0) is 62.1 Å². The van der Waals surface area contributed by atoms with Crippen LogP contribution in [0.15, 0.2) is 71.5 Å². The Kier molecular flexibility index (Phi) is 5.87. The number of rotatable bonds is 2. The normalized spacial score (nSPS) is 17.5. The Bertz CT molecular complexity index is 1570. The van der Waals surface area contributed by atoms with Crippen LogP contribution >= 0.6 is 0 Å². The van der Waals surface area contributed by atoms with Gasteiger partial charge in [-0.25, -0.2) is 4.85 Å². The number of H-pyrrole nitrogens is 2. The minimum atomic E-state index is -0.267. The molecule has 2 aliphatic rings. The standard InChI is InChI=1S/C19H17N5.C8H6N2O/c1-12-19(21-2)18(13-6-7-16-14(9-13)11-22-23-16)15(10-20)17-5-3-4-8-24(12)17;11-5-6-1-2-8-7(3-6)4-9-10-8/h6-7,9,11,18H,3-5,8H2,1H3,(H,22,23);1-5H,(H,9,10). The van der Waals surface area contributed by atoms with Gasteiger partial charge in [0, 0.05) is 34.3 Å². The summed E-state index contributed by atoms with van der Waals surface area (Å²) in [5, 5.41) is 25.5. The van der Waals surface area contributed by atoms with Gasteiger partial charge in [0.15, 0.2) is 5.70 Å². The quantitative estimate of drug-likeness (QED) is 0.305. The number of aldehydes is 1. The van der Waals surface area contributed by atoms with Gasteiger partial charge in [-0.15, -0.1) is 0 Å². The summed E-state index contributed by atoms with van der Waals surface area (Å²) in [6, 6.07) is 13.8. The second-order valence-electron chi connectivity index (χ2n) is 8.65. The van der Waals surface area contributed by atoms with E-state index >= 15 is 0 Å². The Morgan fingerprint density at radius 3 is 2.51 bits per heavy atom. The number of benzene rings is 2. The first-order chi connectivity index (χ1) is 17.1. The van der Waals surface area contributed by atoms with Gasteiger partial charge in [0.1, 0.15) is 6.29 Å². The molecule has 1 unspecified atom stereocenters. The maximum atomic E-state index is 10.3. The number of nitrogens with one attached hydrogen (secondary N) is 2. The molecule has 0 saturated carbocycles. The summed E-state index contributed by atoms with van der Waals surface area (Å²) in [7, 11) is 0. The summed E-state index contributed by atoms with van der Waals surface area (Å²) >= 11 is 0. The van der Waals surface area contributed by atoms with E-state index in [2.05, 4.69) is 36.2 Å². The van der Waals surface area contributed by atoms with E-state index in [4.69, 9.17) is 6.57 Å². The zero-order chi connectivity index (χ0) is 24.4. The molecule has 8 heteroatoms. The Hall–Kier alpha value is -4.69. The maximum Gasteiger partial charge on any atom is 0.196 e. The first kappa shape index (κ1) is 22.1. The third-order valence-corrected chi connectivity index (χ3v) is 6.66. The molecule has 0 amide bonds. The van der Waals surface area contributed by atoms with Crippen molar-refractivity contribution in [3.05, 3.63) is 94.0 Å². The second kappa shape index (κ2) is 9.28. The van der Waals surface area contributed by atoms with Gasteiger partial charge in [-0.1, -0.05) is 6.07 Å². The Balaban J connectivity index is 0.000000192. The number of hydrogen-bond donors (Lipinski definition) is 2. The van der Waals surface area contributed by atoms with Crippen LogP contribution in [0.4, 0.5) is 0 Å². The smallest absolute Gasteiger partial charge is 0.196 e. The molecule has 0 aliphatic carbocycles. The van der Waals surface area contributed by atoms with Crippen LogP contribution in [0.1, 0.15) is 48.0 Å². The third-order valence-electron chi connectivity index (χ3n) is 6.66. The van der Waals surface area contributed by atoms with Crippen molar-refractivity contribution in [2.75, 3.05) is 6.54 Å². The summed E-state index contributed by atoms with van der Waals surface area (Å²) in [4.78, 5) is 16.3. The fraction of sp³-hybridized carbons (Fsp3) is 0.222.